The minimum atomic E-state index is -3.93. The molecule has 0 N–H and O–H groups in total. The van der Waals surface area contributed by atoms with Gasteiger partial charge in [0.1, 0.15) is 6.54 Å². The van der Waals surface area contributed by atoms with Gasteiger partial charge < -0.3 is 9.80 Å². The molecule has 0 aromatic heterocycles. The van der Waals surface area contributed by atoms with E-state index in [1.54, 1.807) is 41.3 Å². The first-order valence-electron chi connectivity index (χ1n) is 11.6. The van der Waals surface area contributed by atoms with Crippen LogP contribution in [0, 0.1) is 20.8 Å². The van der Waals surface area contributed by atoms with Gasteiger partial charge >= 0.3 is 0 Å². The number of piperazine rings is 1. The van der Waals surface area contributed by atoms with Crippen molar-refractivity contribution in [2.75, 3.05) is 41.9 Å². The predicted octanol–water partition coefficient (Wildman–Crippen LogP) is 4.81. The molecular formula is C27H30ClN3O3S. The van der Waals surface area contributed by atoms with E-state index >= 15 is 0 Å². The Bertz CT molecular complexity index is 1320. The summed E-state index contributed by atoms with van der Waals surface area (Å²) in [6.07, 6.45) is 0. The molecule has 1 amide bonds. The number of carbonyl (C=O) groups is 1. The molecule has 1 aliphatic heterocycles. The molecule has 1 fully saturated rings. The van der Waals surface area contributed by atoms with Crippen molar-refractivity contribution in [3.05, 3.63) is 88.4 Å². The van der Waals surface area contributed by atoms with Crippen LogP contribution in [-0.4, -0.2) is 51.9 Å². The van der Waals surface area contributed by atoms with E-state index in [0.29, 0.717) is 36.9 Å². The Kier molecular flexibility index (Phi) is 7.38. The van der Waals surface area contributed by atoms with Crippen LogP contribution < -0.4 is 9.21 Å². The second kappa shape index (κ2) is 10.3. The summed E-state index contributed by atoms with van der Waals surface area (Å²) in [5.41, 5.74) is 4.54. The second-order valence-electron chi connectivity index (χ2n) is 8.91. The number of rotatable bonds is 6. The van der Waals surface area contributed by atoms with E-state index in [1.165, 1.54) is 4.31 Å². The number of halogens is 1. The topological polar surface area (TPSA) is 60.9 Å². The van der Waals surface area contributed by atoms with E-state index < -0.39 is 10.0 Å². The summed E-state index contributed by atoms with van der Waals surface area (Å²) in [6, 6.07) is 19.6. The average molecular weight is 512 g/mol. The minimum absolute atomic E-state index is 0.161. The Morgan fingerprint density at radius 2 is 1.57 bits per heavy atom. The quantitative estimate of drug-likeness (QED) is 0.476. The number of benzene rings is 3. The lowest BCUT2D eigenvalue weighted by atomic mass is 10.1. The monoisotopic (exact) mass is 511 g/mol. The molecule has 1 aliphatic rings. The van der Waals surface area contributed by atoms with Gasteiger partial charge in [-0.2, -0.15) is 0 Å². The lowest BCUT2D eigenvalue weighted by Gasteiger charge is -2.38. The lowest BCUT2D eigenvalue weighted by molar-refractivity contribution is -0.129. The zero-order valence-electron chi connectivity index (χ0n) is 20.2. The summed E-state index contributed by atoms with van der Waals surface area (Å²) < 4.78 is 28.5. The second-order valence-corrected chi connectivity index (χ2v) is 11.2. The molecule has 0 spiro atoms. The van der Waals surface area contributed by atoms with Gasteiger partial charge in [0.2, 0.25) is 5.91 Å². The lowest BCUT2D eigenvalue weighted by Crippen LogP contribution is -2.52. The fraction of sp³-hybridized carbons (Fsp3) is 0.296. The maximum absolute atomic E-state index is 13.6. The highest BCUT2D eigenvalue weighted by Crippen LogP contribution is 2.29. The fourth-order valence-corrected chi connectivity index (χ4v) is 6.11. The maximum atomic E-state index is 13.6. The highest BCUT2D eigenvalue weighted by molar-refractivity contribution is 7.92. The van der Waals surface area contributed by atoms with Crippen LogP contribution in [0.3, 0.4) is 0 Å². The molecule has 6 nitrogen and oxygen atoms in total. The molecule has 35 heavy (non-hydrogen) atoms. The summed E-state index contributed by atoms with van der Waals surface area (Å²) in [4.78, 5) is 17.5. The Balaban J connectivity index is 1.56. The number of carbonyl (C=O) groups excluding carboxylic acids is 1. The number of hydrogen-bond donors (Lipinski definition) is 0. The van der Waals surface area contributed by atoms with Crippen molar-refractivity contribution in [1.29, 1.82) is 0 Å². The van der Waals surface area contributed by atoms with Crippen molar-refractivity contribution in [1.82, 2.24) is 4.90 Å². The van der Waals surface area contributed by atoms with Gasteiger partial charge in [-0.3, -0.25) is 9.10 Å². The van der Waals surface area contributed by atoms with Crippen LogP contribution in [0.15, 0.2) is 71.6 Å². The first-order chi connectivity index (χ1) is 16.7. The standard InChI is InChI=1S/C27H30ClN3O3S/c1-20-9-12-25(22(3)17-20)31(35(33,34)24-7-5-4-6-8-24)19-27(32)30-15-13-29(14-16-30)26-18-23(28)11-10-21(26)2/h4-12,17-18H,13-16,19H2,1-3H3. The number of amides is 1. The van der Waals surface area contributed by atoms with Crippen molar-refractivity contribution in [2.24, 2.45) is 0 Å². The first-order valence-corrected chi connectivity index (χ1v) is 13.4. The Labute approximate surface area is 212 Å². The van der Waals surface area contributed by atoms with Gasteiger partial charge in [-0.05, 0) is 62.2 Å². The van der Waals surface area contributed by atoms with Crippen LogP contribution in [0.1, 0.15) is 16.7 Å². The Hall–Kier alpha value is -3.03. The predicted molar refractivity (Wildman–Crippen MR) is 142 cm³/mol. The fourth-order valence-electron chi connectivity index (χ4n) is 4.45. The summed E-state index contributed by atoms with van der Waals surface area (Å²) in [7, 11) is -3.93. The van der Waals surface area contributed by atoms with Crippen LogP contribution in [0.25, 0.3) is 0 Å². The largest absolute Gasteiger partial charge is 0.368 e. The average Bonchev–Trinajstić information content (AvgIpc) is 2.85. The molecular weight excluding hydrogens is 482 g/mol. The number of sulfonamides is 1. The third-order valence-corrected chi connectivity index (χ3v) is 8.38. The van der Waals surface area contributed by atoms with E-state index in [-0.39, 0.29) is 17.3 Å². The first kappa shape index (κ1) is 25.1. The van der Waals surface area contributed by atoms with E-state index in [1.807, 2.05) is 51.1 Å². The van der Waals surface area contributed by atoms with Gasteiger partial charge in [0, 0.05) is 36.9 Å². The summed E-state index contributed by atoms with van der Waals surface area (Å²) in [5, 5.41) is 0.680. The molecule has 0 radical (unpaired) electrons. The molecule has 3 aromatic carbocycles. The van der Waals surface area contributed by atoms with Crippen molar-refractivity contribution >= 4 is 38.9 Å². The normalized spacial score (nSPS) is 14.2. The molecule has 0 atom stereocenters. The highest BCUT2D eigenvalue weighted by atomic mass is 35.5. The third-order valence-electron chi connectivity index (χ3n) is 6.38. The molecule has 0 aliphatic carbocycles. The molecule has 184 valence electrons. The van der Waals surface area contributed by atoms with Crippen LogP contribution in [-0.2, 0) is 14.8 Å². The van der Waals surface area contributed by atoms with Gasteiger partial charge in [-0.15, -0.1) is 0 Å². The Morgan fingerprint density at radius 3 is 2.23 bits per heavy atom. The number of hydrogen-bond acceptors (Lipinski definition) is 4. The summed E-state index contributed by atoms with van der Waals surface area (Å²) in [5.74, 6) is -0.216. The minimum Gasteiger partial charge on any atom is -0.368 e. The van der Waals surface area contributed by atoms with Gasteiger partial charge in [0.25, 0.3) is 10.0 Å². The Morgan fingerprint density at radius 1 is 0.886 bits per heavy atom. The number of nitrogens with zero attached hydrogens (tertiary/aromatic N) is 3. The molecule has 4 rings (SSSR count). The van der Waals surface area contributed by atoms with Gasteiger partial charge in [-0.1, -0.05) is 53.6 Å². The van der Waals surface area contributed by atoms with Crippen LogP contribution in [0.4, 0.5) is 11.4 Å². The molecule has 0 unspecified atom stereocenters. The molecule has 3 aromatic rings. The smallest absolute Gasteiger partial charge is 0.264 e. The zero-order chi connectivity index (χ0) is 25.2. The molecule has 0 bridgehead atoms. The van der Waals surface area contributed by atoms with Crippen LogP contribution >= 0.6 is 11.6 Å². The van der Waals surface area contributed by atoms with E-state index in [4.69, 9.17) is 11.6 Å². The van der Waals surface area contributed by atoms with Crippen LogP contribution in [0.2, 0.25) is 5.02 Å². The maximum Gasteiger partial charge on any atom is 0.264 e. The number of aryl methyl sites for hydroxylation is 3. The van der Waals surface area contributed by atoms with E-state index in [2.05, 4.69) is 4.90 Å². The zero-order valence-corrected chi connectivity index (χ0v) is 21.8. The van der Waals surface area contributed by atoms with Crippen LogP contribution in [0.5, 0.6) is 0 Å². The van der Waals surface area contributed by atoms with Crippen molar-refractivity contribution < 1.29 is 13.2 Å². The molecule has 1 saturated heterocycles. The summed E-state index contributed by atoms with van der Waals surface area (Å²) in [6.45, 7) is 7.94. The van der Waals surface area contributed by atoms with E-state index in [9.17, 15) is 13.2 Å². The van der Waals surface area contributed by atoms with Gasteiger partial charge in [0.15, 0.2) is 0 Å². The van der Waals surface area contributed by atoms with Crippen molar-refractivity contribution in [3.8, 4) is 0 Å². The molecule has 0 saturated carbocycles. The number of anilines is 2. The highest BCUT2D eigenvalue weighted by Gasteiger charge is 2.31. The van der Waals surface area contributed by atoms with Gasteiger partial charge in [0.05, 0.1) is 10.6 Å². The summed E-state index contributed by atoms with van der Waals surface area (Å²) >= 11 is 6.19. The molecule has 8 heteroatoms. The SMILES string of the molecule is Cc1ccc(N(CC(=O)N2CCN(c3cc(Cl)ccc3C)CC2)S(=O)(=O)c2ccccc2)c(C)c1. The van der Waals surface area contributed by atoms with E-state index in [0.717, 1.165) is 22.4 Å². The van der Waals surface area contributed by atoms with Crippen molar-refractivity contribution in [3.63, 3.8) is 0 Å². The van der Waals surface area contributed by atoms with Crippen molar-refractivity contribution in [2.45, 2.75) is 25.7 Å². The molecule has 1 heterocycles. The third kappa shape index (κ3) is 5.46. The van der Waals surface area contributed by atoms with Gasteiger partial charge in [-0.25, -0.2) is 8.42 Å².